The van der Waals surface area contributed by atoms with Crippen molar-refractivity contribution in [3.8, 4) is 5.88 Å². The summed E-state index contributed by atoms with van der Waals surface area (Å²) in [6.45, 7) is 6.67. The molecule has 1 aliphatic heterocycles. The molecule has 3 rings (SSSR count). The minimum absolute atomic E-state index is 0.207. The highest BCUT2D eigenvalue weighted by atomic mass is 32.2. The average molecular weight is 390 g/mol. The van der Waals surface area contributed by atoms with Crippen LogP contribution in [0.3, 0.4) is 0 Å². The molecule has 6 nitrogen and oxygen atoms in total. The number of aromatic nitrogens is 2. The van der Waals surface area contributed by atoms with Gasteiger partial charge in [0, 0.05) is 18.3 Å². The second-order valence-corrected chi connectivity index (χ2v) is 8.97. The quantitative estimate of drug-likeness (QED) is 0.758. The fourth-order valence-electron chi connectivity index (χ4n) is 3.40. The molecule has 0 saturated carbocycles. The average Bonchev–Trinajstić information content (AvgIpc) is 2.62. The molecule has 1 aromatic carbocycles. The van der Waals surface area contributed by atoms with Gasteiger partial charge < -0.3 is 4.74 Å². The number of piperidine rings is 1. The zero-order valence-electron chi connectivity index (χ0n) is 16.2. The molecule has 0 bridgehead atoms. The van der Waals surface area contributed by atoms with Crippen molar-refractivity contribution in [3.63, 3.8) is 0 Å². The van der Waals surface area contributed by atoms with Crippen LogP contribution in [0.5, 0.6) is 5.88 Å². The van der Waals surface area contributed by atoms with Gasteiger partial charge in [-0.15, -0.1) is 0 Å². The summed E-state index contributed by atoms with van der Waals surface area (Å²) in [5.74, 6) is 1.16. The van der Waals surface area contributed by atoms with Crippen molar-refractivity contribution in [3.05, 3.63) is 47.4 Å². The molecule has 1 saturated heterocycles. The van der Waals surface area contributed by atoms with Crippen molar-refractivity contribution in [1.29, 1.82) is 0 Å². The van der Waals surface area contributed by atoms with Gasteiger partial charge in [0.2, 0.25) is 15.9 Å². The smallest absolute Gasteiger partial charge is 0.243 e. The molecule has 0 amide bonds. The van der Waals surface area contributed by atoms with E-state index in [4.69, 9.17) is 4.74 Å². The van der Waals surface area contributed by atoms with E-state index >= 15 is 0 Å². The summed E-state index contributed by atoms with van der Waals surface area (Å²) in [6.07, 6.45) is 3.36. The first kappa shape index (κ1) is 19.8. The zero-order chi connectivity index (χ0) is 19.4. The third-order valence-electron chi connectivity index (χ3n) is 4.67. The predicted octanol–water partition coefficient (Wildman–Crippen LogP) is 3.28. The summed E-state index contributed by atoms with van der Waals surface area (Å²) < 4.78 is 33.5. The van der Waals surface area contributed by atoms with E-state index in [0.717, 1.165) is 36.9 Å². The van der Waals surface area contributed by atoms with Gasteiger partial charge in [-0.2, -0.15) is 9.29 Å². The van der Waals surface area contributed by atoms with Crippen molar-refractivity contribution in [1.82, 2.24) is 14.3 Å². The molecule has 1 fully saturated rings. The van der Waals surface area contributed by atoms with E-state index in [9.17, 15) is 8.42 Å². The molecule has 1 unspecified atom stereocenters. The number of rotatable bonds is 6. The van der Waals surface area contributed by atoms with Gasteiger partial charge >= 0.3 is 0 Å². The number of hydrogen-bond acceptors (Lipinski definition) is 5. The molecule has 2 heterocycles. The monoisotopic (exact) mass is 389 g/mol. The molecule has 0 spiro atoms. The van der Waals surface area contributed by atoms with E-state index < -0.39 is 10.0 Å². The van der Waals surface area contributed by atoms with Crippen molar-refractivity contribution >= 4 is 10.0 Å². The Kier molecular flexibility index (Phi) is 6.11. The minimum Gasteiger partial charge on any atom is -0.473 e. The Bertz CT molecular complexity index is 862. The molecule has 0 N–H and O–H groups in total. The number of aryl methyl sites for hydroxylation is 3. The fraction of sp³-hybridized carbons (Fsp3) is 0.500. The number of nitrogens with zero attached hydrogens (tertiary/aromatic N) is 3. The summed E-state index contributed by atoms with van der Waals surface area (Å²) >= 11 is 0. The van der Waals surface area contributed by atoms with Crippen LogP contribution in [0.25, 0.3) is 0 Å². The maximum absolute atomic E-state index is 13.0. The number of hydrogen-bond donors (Lipinski definition) is 0. The Hall–Kier alpha value is -1.99. The third kappa shape index (κ3) is 4.84. The van der Waals surface area contributed by atoms with Gasteiger partial charge in [-0.05, 0) is 50.8 Å². The fourth-order valence-corrected chi connectivity index (χ4v) is 4.91. The number of benzene rings is 1. The van der Waals surface area contributed by atoms with Crippen molar-refractivity contribution < 1.29 is 13.2 Å². The molecule has 7 heteroatoms. The first-order chi connectivity index (χ1) is 12.9. The van der Waals surface area contributed by atoms with Crippen molar-refractivity contribution in [2.24, 2.45) is 0 Å². The molecule has 1 aliphatic rings. The van der Waals surface area contributed by atoms with Gasteiger partial charge in [0.05, 0.1) is 11.4 Å². The van der Waals surface area contributed by atoms with Gasteiger partial charge in [0.1, 0.15) is 11.9 Å². The lowest BCUT2D eigenvalue weighted by molar-refractivity contribution is 0.124. The predicted molar refractivity (Wildman–Crippen MR) is 104 cm³/mol. The Morgan fingerprint density at radius 3 is 2.59 bits per heavy atom. The largest absolute Gasteiger partial charge is 0.473 e. The summed E-state index contributed by atoms with van der Waals surface area (Å²) in [5.41, 5.74) is 2.00. The van der Waals surface area contributed by atoms with Gasteiger partial charge in [0.15, 0.2) is 0 Å². The van der Waals surface area contributed by atoms with Crippen molar-refractivity contribution in [2.75, 3.05) is 13.1 Å². The molecule has 27 heavy (non-hydrogen) atoms. The van der Waals surface area contributed by atoms with E-state index in [0.29, 0.717) is 29.7 Å². The summed E-state index contributed by atoms with van der Waals surface area (Å²) in [5, 5.41) is 0. The second kappa shape index (κ2) is 8.35. The molecule has 1 atom stereocenters. The first-order valence-electron chi connectivity index (χ1n) is 9.46. The van der Waals surface area contributed by atoms with E-state index in [1.807, 2.05) is 26.0 Å². The van der Waals surface area contributed by atoms with E-state index in [-0.39, 0.29) is 6.10 Å². The summed E-state index contributed by atoms with van der Waals surface area (Å²) in [4.78, 5) is 8.89. The minimum atomic E-state index is -3.51. The molecule has 1 aromatic heterocycles. The second-order valence-electron chi connectivity index (χ2n) is 7.03. The zero-order valence-corrected chi connectivity index (χ0v) is 17.0. The van der Waals surface area contributed by atoms with Gasteiger partial charge in [-0.3, -0.25) is 0 Å². The first-order valence-corrected chi connectivity index (χ1v) is 10.9. The van der Waals surface area contributed by atoms with Crippen LogP contribution in [-0.2, 0) is 16.4 Å². The lowest BCUT2D eigenvalue weighted by atomic mass is 10.1. The van der Waals surface area contributed by atoms with E-state index in [1.165, 1.54) is 4.31 Å². The Morgan fingerprint density at radius 2 is 1.93 bits per heavy atom. The normalized spacial score (nSPS) is 18.4. The third-order valence-corrected chi connectivity index (χ3v) is 6.55. The highest BCUT2D eigenvalue weighted by Gasteiger charge is 2.31. The molecule has 0 aliphatic carbocycles. The number of ether oxygens (including phenoxy) is 1. The molecule has 2 aromatic rings. The van der Waals surface area contributed by atoms with Crippen LogP contribution in [0.2, 0.25) is 0 Å². The number of sulfonamides is 1. The van der Waals surface area contributed by atoms with Gasteiger partial charge in [-0.1, -0.05) is 25.5 Å². The Morgan fingerprint density at radius 1 is 1.19 bits per heavy atom. The van der Waals surface area contributed by atoms with Crippen molar-refractivity contribution in [2.45, 2.75) is 57.5 Å². The molecule has 146 valence electrons. The lowest BCUT2D eigenvalue weighted by Gasteiger charge is -2.31. The van der Waals surface area contributed by atoms with Crippen LogP contribution in [0, 0.1) is 13.8 Å². The Balaban J connectivity index is 1.72. The SMILES string of the molecule is CCCc1ccc(S(=O)(=O)N2CCCC(Oc3cc(C)nc(C)n3)C2)cc1. The molecular weight excluding hydrogens is 362 g/mol. The topological polar surface area (TPSA) is 72.4 Å². The maximum Gasteiger partial charge on any atom is 0.243 e. The molecular formula is C20H27N3O3S. The summed E-state index contributed by atoms with van der Waals surface area (Å²) in [7, 11) is -3.51. The van der Waals surface area contributed by atoms with E-state index in [2.05, 4.69) is 16.9 Å². The molecule has 0 radical (unpaired) electrons. The van der Waals surface area contributed by atoms with Crippen LogP contribution in [-0.4, -0.2) is 41.9 Å². The Labute approximate surface area is 161 Å². The van der Waals surface area contributed by atoms with Crippen LogP contribution >= 0.6 is 0 Å². The van der Waals surface area contributed by atoms with Crippen LogP contribution in [0.1, 0.15) is 43.3 Å². The highest BCUT2D eigenvalue weighted by Crippen LogP contribution is 2.24. The van der Waals surface area contributed by atoms with Crippen LogP contribution < -0.4 is 4.74 Å². The van der Waals surface area contributed by atoms with Crippen LogP contribution in [0.4, 0.5) is 0 Å². The van der Waals surface area contributed by atoms with Gasteiger partial charge in [-0.25, -0.2) is 13.4 Å². The van der Waals surface area contributed by atoms with Crippen LogP contribution in [0.15, 0.2) is 35.2 Å². The highest BCUT2D eigenvalue weighted by molar-refractivity contribution is 7.89. The lowest BCUT2D eigenvalue weighted by Crippen LogP contribution is -2.44. The maximum atomic E-state index is 13.0. The summed E-state index contributed by atoms with van der Waals surface area (Å²) in [6, 6.07) is 9.01. The van der Waals surface area contributed by atoms with Gasteiger partial charge in [0.25, 0.3) is 0 Å². The van der Waals surface area contributed by atoms with E-state index in [1.54, 1.807) is 18.2 Å². The standard InChI is InChI=1S/C20H27N3O3S/c1-4-6-17-8-10-19(11-9-17)27(24,25)23-12-5-7-18(14-23)26-20-13-15(2)21-16(3)22-20/h8-11,13,18H,4-7,12,14H2,1-3H3.